The van der Waals surface area contributed by atoms with E-state index >= 15 is 0 Å². The van der Waals surface area contributed by atoms with E-state index in [9.17, 15) is 5.11 Å². The molecule has 5 heteroatoms. The first-order valence-corrected chi connectivity index (χ1v) is 7.78. The van der Waals surface area contributed by atoms with Crippen molar-refractivity contribution in [2.45, 2.75) is 25.5 Å². The normalized spacial score (nSPS) is 25.6. The zero-order valence-corrected chi connectivity index (χ0v) is 13.5. The lowest BCUT2D eigenvalue weighted by Crippen LogP contribution is -2.47. The molecule has 0 amide bonds. The predicted molar refractivity (Wildman–Crippen MR) is 84.5 cm³/mol. The highest BCUT2D eigenvalue weighted by Gasteiger charge is 2.24. The third-order valence-corrected chi connectivity index (χ3v) is 4.57. The summed E-state index contributed by atoms with van der Waals surface area (Å²) in [5.41, 5.74) is 0.726. The van der Waals surface area contributed by atoms with Crippen molar-refractivity contribution in [1.29, 1.82) is 0 Å². The molecule has 112 valence electrons. The summed E-state index contributed by atoms with van der Waals surface area (Å²) in [6.45, 7) is 4.95. The Balaban J connectivity index is 1.90. The number of rotatable bonds is 4. The van der Waals surface area contributed by atoms with Crippen molar-refractivity contribution in [3.05, 3.63) is 33.8 Å². The Morgan fingerprint density at radius 3 is 2.85 bits per heavy atom. The van der Waals surface area contributed by atoms with Gasteiger partial charge in [-0.25, -0.2) is 0 Å². The number of hydrogen-bond donors (Lipinski definition) is 2. The average Bonchev–Trinajstić information content (AvgIpc) is 2.37. The van der Waals surface area contributed by atoms with Gasteiger partial charge < -0.3 is 15.3 Å². The van der Waals surface area contributed by atoms with Gasteiger partial charge in [0.1, 0.15) is 0 Å². The van der Waals surface area contributed by atoms with Crippen LogP contribution in [0.25, 0.3) is 0 Å². The first kappa shape index (κ1) is 16.1. The minimum Gasteiger partial charge on any atom is -0.387 e. The van der Waals surface area contributed by atoms with Crippen molar-refractivity contribution in [2.24, 2.45) is 5.92 Å². The van der Waals surface area contributed by atoms with Crippen LogP contribution < -0.4 is 5.32 Å². The van der Waals surface area contributed by atoms with Gasteiger partial charge in [0.25, 0.3) is 0 Å². The van der Waals surface area contributed by atoms with Crippen LogP contribution in [0.2, 0.25) is 10.0 Å². The van der Waals surface area contributed by atoms with E-state index in [4.69, 9.17) is 23.2 Å². The third-order valence-electron chi connectivity index (χ3n) is 4.00. The zero-order valence-electron chi connectivity index (χ0n) is 11.9. The number of benzene rings is 1. The highest BCUT2D eigenvalue weighted by atomic mass is 35.5. The van der Waals surface area contributed by atoms with E-state index in [-0.39, 0.29) is 0 Å². The van der Waals surface area contributed by atoms with Crippen molar-refractivity contribution >= 4 is 23.2 Å². The van der Waals surface area contributed by atoms with E-state index in [1.54, 1.807) is 18.2 Å². The molecule has 0 spiro atoms. The lowest BCUT2D eigenvalue weighted by molar-refractivity contribution is 0.137. The van der Waals surface area contributed by atoms with Gasteiger partial charge in [-0.2, -0.15) is 0 Å². The molecule has 3 atom stereocenters. The largest absolute Gasteiger partial charge is 0.387 e. The Morgan fingerprint density at radius 1 is 1.45 bits per heavy atom. The van der Waals surface area contributed by atoms with Crippen LogP contribution in [0.3, 0.4) is 0 Å². The number of aliphatic hydroxyl groups excluding tert-OH is 1. The van der Waals surface area contributed by atoms with E-state index in [1.165, 1.54) is 0 Å². The maximum absolute atomic E-state index is 10.3. The Labute approximate surface area is 130 Å². The number of nitrogens with one attached hydrogen (secondary N) is 1. The number of piperidine rings is 1. The molecule has 1 aliphatic rings. The molecule has 2 N–H and O–H groups in total. The van der Waals surface area contributed by atoms with Crippen molar-refractivity contribution in [2.75, 3.05) is 26.7 Å². The Bertz CT molecular complexity index is 455. The highest BCUT2D eigenvalue weighted by Crippen LogP contribution is 2.26. The summed E-state index contributed by atoms with van der Waals surface area (Å²) >= 11 is 12.0. The molecule has 0 saturated carbocycles. The number of hydrogen-bond acceptors (Lipinski definition) is 3. The Hall–Kier alpha value is -0.320. The Morgan fingerprint density at radius 2 is 2.20 bits per heavy atom. The molecule has 2 rings (SSSR count). The summed E-state index contributed by atoms with van der Waals surface area (Å²) in [6, 6.07) is 5.66. The van der Waals surface area contributed by atoms with Crippen molar-refractivity contribution in [1.82, 2.24) is 10.2 Å². The lowest BCUT2D eigenvalue weighted by Gasteiger charge is -2.35. The molecule has 1 aromatic carbocycles. The highest BCUT2D eigenvalue weighted by molar-refractivity contribution is 6.35. The molecule has 3 unspecified atom stereocenters. The monoisotopic (exact) mass is 316 g/mol. The smallest absolute Gasteiger partial charge is 0.0928 e. The third kappa shape index (κ3) is 4.09. The van der Waals surface area contributed by atoms with Gasteiger partial charge in [0.15, 0.2) is 0 Å². The van der Waals surface area contributed by atoms with Crippen molar-refractivity contribution < 1.29 is 5.11 Å². The fraction of sp³-hybridized carbons (Fsp3) is 0.600. The molecular weight excluding hydrogens is 295 g/mol. The summed E-state index contributed by atoms with van der Waals surface area (Å²) in [6.07, 6.45) is 0.505. The second-order valence-corrected chi connectivity index (χ2v) is 6.57. The van der Waals surface area contributed by atoms with Gasteiger partial charge in [-0.3, -0.25) is 0 Å². The van der Waals surface area contributed by atoms with Crippen molar-refractivity contribution in [3.8, 4) is 0 Å². The Kier molecular flexibility index (Phi) is 5.70. The average molecular weight is 317 g/mol. The summed E-state index contributed by atoms with van der Waals surface area (Å²) in [5, 5.41) is 14.8. The van der Waals surface area contributed by atoms with Crippen LogP contribution in [0.5, 0.6) is 0 Å². The quantitative estimate of drug-likeness (QED) is 0.896. The van der Waals surface area contributed by atoms with Gasteiger partial charge in [-0.1, -0.05) is 36.2 Å². The van der Waals surface area contributed by atoms with E-state index in [0.29, 0.717) is 28.5 Å². The molecule has 0 bridgehead atoms. The van der Waals surface area contributed by atoms with Gasteiger partial charge in [0.05, 0.1) is 6.10 Å². The van der Waals surface area contributed by atoms with Crippen LogP contribution in [0.1, 0.15) is 25.0 Å². The molecular formula is C15H22Cl2N2O. The van der Waals surface area contributed by atoms with Gasteiger partial charge in [0, 0.05) is 34.7 Å². The van der Waals surface area contributed by atoms with Crippen LogP contribution in [0.4, 0.5) is 0 Å². The first-order valence-electron chi connectivity index (χ1n) is 7.02. The standard InChI is InChI=1S/C15H22Cl2N2O/c1-10-9-19(2)6-5-14(10)18-8-15(20)12-4-3-11(16)7-13(12)17/h3-4,7,10,14-15,18,20H,5-6,8-9H2,1-2H3. The van der Waals surface area contributed by atoms with Crippen molar-refractivity contribution in [3.63, 3.8) is 0 Å². The summed E-state index contributed by atoms with van der Waals surface area (Å²) < 4.78 is 0. The summed E-state index contributed by atoms with van der Waals surface area (Å²) in [7, 11) is 2.15. The molecule has 3 nitrogen and oxygen atoms in total. The van der Waals surface area contributed by atoms with Gasteiger partial charge in [0.2, 0.25) is 0 Å². The van der Waals surface area contributed by atoms with Crippen LogP contribution in [-0.2, 0) is 0 Å². The zero-order chi connectivity index (χ0) is 14.7. The fourth-order valence-electron chi connectivity index (χ4n) is 2.80. The SMILES string of the molecule is CC1CN(C)CCC1NCC(O)c1ccc(Cl)cc1Cl. The van der Waals surface area contributed by atoms with Gasteiger partial charge >= 0.3 is 0 Å². The number of nitrogens with zero attached hydrogens (tertiary/aromatic N) is 1. The van der Waals surface area contributed by atoms with Crippen LogP contribution in [0, 0.1) is 5.92 Å². The molecule has 1 saturated heterocycles. The minimum atomic E-state index is -0.605. The summed E-state index contributed by atoms with van der Waals surface area (Å²) in [4.78, 5) is 2.34. The second kappa shape index (κ2) is 7.10. The molecule has 1 heterocycles. The molecule has 20 heavy (non-hydrogen) atoms. The molecule has 1 fully saturated rings. The van der Waals surface area contributed by atoms with Gasteiger partial charge in [-0.15, -0.1) is 0 Å². The summed E-state index contributed by atoms with van der Waals surface area (Å²) in [5.74, 6) is 0.585. The van der Waals surface area contributed by atoms with E-state index < -0.39 is 6.10 Å². The topological polar surface area (TPSA) is 35.5 Å². The molecule has 1 aromatic rings. The number of aliphatic hydroxyl groups is 1. The molecule has 0 radical (unpaired) electrons. The number of likely N-dealkylation sites (tertiary alicyclic amines) is 1. The number of halogens is 2. The minimum absolute atomic E-state index is 0.451. The van der Waals surface area contributed by atoms with Crippen LogP contribution in [-0.4, -0.2) is 42.7 Å². The van der Waals surface area contributed by atoms with E-state index in [1.807, 2.05) is 0 Å². The maximum Gasteiger partial charge on any atom is 0.0928 e. The lowest BCUT2D eigenvalue weighted by atomic mass is 9.94. The molecule has 0 aliphatic carbocycles. The first-order chi connectivity index (χ1) is 9.47. The van der Waals surface area contributed by atoms with Crippen LogP contribution >= 0.6 is 23.2 Å². The fourth-order valence-corrected chi connectivity index (χ4v) is 3.34. The molecule has 0 aromatic heterocycles. The van der Waals surface area contributed by atoms with Gasteiger partial charge in [-0.05, 0) is 38.1 Å². The second-order valence-electron chi connectivity index (χ2n) is 5.72. The van der Waals surface area contributed by atoms with E-state index in [0.717, 1.165) is 25.1 Å². The molecule has 1 aliphatic heterocycles. The van der Waals surface area contributed by atoms with E-state index in [2.05, 4.69) is 24.2 Å². The predicted octanol–water partition coefficient (Wildman–Crippen LogP) is 2.96. The maximum atomic E-state index is 10.3. The van der Waals surface area contributed by atoms with Crippen LogP contribution in [0.15, 0.2) is 18.2 Å².